The maximum absolute atomic E-state index is 13.7. The molecule has 0 spiro atoms. The van der Waals surface area contributed by atoms with Gasteiger partial charge >= 0.3 is 0 Å². The molecule has 21 heavy (non-hydrogen) atoms. The van der Waals surface area contributed by atoms with Crippen LogP contribution in [0, 0.1) is 0 Å². The van der Waals surface area contributed by atoms with E-state index in [1.54, 1.807) is 0 Å². The topological polar surface area (TPSA) is 62.1 Å². The van der Waals surface area contributed by atoms with E-state index in [0.29, 0.717) is 17.7 Å². The highest BCUT2D eigenvalue weighted by Crippen LogP contribution is 2.39. The number of alkyl halides is 2. The second-order valence-electron chi connectivity index (χ2n) is 5.06. The van der Waals surface area contributed by atoms with Crippen LogP contribution in [-0.4, -0.2) is 40.5 Å². The van der Waals surface area contributed by atoms with Crippen molar-refractivity contribution in [1.29, 1.82) is 0 Å². The Morgan fingerprint density at radius 3 is 2.48 bits per heavy atom. The molecule has 1 atom stereocenters. The molecule has 0 saturated carbocycles. The van der Waals surface area contributed by atoms with Gasteiger partial charge in [-0.05, 0) is 31.2 Å². The van der Waals surface area contributed by atoms with Crippen LogP contribution < -0.4 is 4.74 Å². The van der Waals surface area contributed by atoms with Crippen molar-refractivity contribution in [2.24, 2.45) is 5.10 Å². The van der Waals surface area contributed by atoms with Crippen molar-refractivity contribution >= 4 is 11.6 Å². The van der Waals surface area contributed by atoms with Crippen LogP contribution in [-0.2, 0) is 0 Å². The first-order valence-electron chi connectivity index (χ1n) is 6.32. The summed E-state index contributed by atoms with van der Waals surface area (Å²) in [6, 6.07) is 5.92. The van der Waals surface area contributed by atoms with Gasteiger partial charge in [0.1, 0.15) is 5.75 Å². The highest BCUT2D eigenvalue weighted by atomic mass is 19.3. The lowest BCUT2D eigenvalue weighted by Gasteiger charge is -2.35. The van der Waals surface area contributed by atoms with E-state index in [4.69, 9.17) is 4.74 Å². The summed E-state index contributed by atoms with van der Waals surface area (Å²) >= 11 is 0. The van der Waals surface area contributed by atoms with E-state index < -0.39 is 24.0 Å². The number of hydrogen-bond donors (Lipinski definition) is 1. The SMILES string of the molecule is COc1ccc(C(=O)N2N=C(C)C[C@]2(O)C(C)(F)F)cc1. The molecule has 1 aromatic carbocycles. The van der Waals surface area contributed by atoms with Crippen molar-refractivity contribution in [1.82, 2.24) is 5.01 Å². The summed E-state index contributed by atoms with van der Waals surface area (Å²) in [7, 11) is 1.47. The molecular weight excluding hydrogens is 282 g/mol. The lowest BCUT2D eigenvalue weighted by atomic mass is 10.0. The summed E-state index contributed by atoms with van der Waals surface area (Å²) in [6.45, 7) is 2.05. The highest BCUT2D eigenvalue weighted by Gasteiger charge is 2.58. The zero-order valence-electron chi connectivity index (χ0n) is 11.9. The van der Waals surface area contributed by atoms with Crippen LogP contribution in [0.1, 0.15) is 30.6 Å². The Labute approximate surface area is 120 Å². The zero-order chi connectivity index (χ0) is 15.8. The first kappa shape index (κ1) is 15.4. The van der Waals surface area contributed by atoms with E-state index in [-0.39, 0.29) is 11.3 Å². The van der Waals surface area contributed by atoms with Crippen LogP contribution in [0.5, 0.6) is 5.75 Å². The molecule has 1 amide bonds. The molecule has 2 rings (SSSR count). The Kier molecular flexibility index (Phi) is 3.71. The number of carbonyl (C=O) groups excluding carboxylic acids is 1. The van der Waals surface area contributed by atoms with Gasteiger partial charge in [0.25, 0.3) is 11.8 Å². The van der Waals surface area contributed by atoms with Crippen LogP contribution in [0.25, 0.3) is 0 Å². The molecule has 0 saturated heterocycles. The second kappa shape index (κ2) is 5.07. The minimum Gasteiger partial charge on any atom is -0.497 e. The van der Waals surface area contributed by atoms with E-state index in [2.05, 4.69) is 5.10 Å². The van der Waals surface area contributed by atoms with Crippen molar-refractivity contribution in [2.45, 2.75) is 31.9 Å². The molecule has 1 heterocycles. The molecular formula is C14H16F2N2O3. The number of carbonyl (C=O) groups is 1. The summed E-state index contributed by atoms with van der Waals surface area (Å²) in [6.07, 6.45) is -0.390. The van der Waals surface area contributed by atoms with Crippen molar-refractivity contribution in [3.8, 4) is 5.75 Å². The number of amides is 1. The molecule has 0 bridgehead atoms. The Balaban J connectivity index is 2.35. The molecule has 1 N–H and O–H groups in total. The fourth-order valence-corrected chi connectivity index (χ4v) is 2.13. The summed E-state index contributed by atoms with van der Waals surface area (Å²) in [5.41, 5.74) is -2.24. The predicted octanol–water partition coefficient (Wildman–Crippen LogP) is 2.26. The number of methoxy groups -OCH3 is 1. The smallest absolute Gasteiger partial charge is 0.294 e. The molecule has 1 aliphatic heterocycles. The zero-order valence-corrected chi connectivity index (χ0v) is 11.9. The summed E-state index contributed by atoms with van der Waals surface area (Å²) in [5, 5.41) is 14.4. The fourth-order valence-electron chi connectivity index (χ4n) is 2.13. The van der Waals surface area contributed by atoms with Gasteiger partial charge in [-0.3, -0.25) is 4.79 Å². The van der Waals surface area contributed by atoms with Crippen LogP contribution in [0.15, 0.2) is 29.4 Å². The number of aliphatic hydroxyl groups is 1. The van der Waals surface area contributed by atoms with E-state index in [1.807, 2.05) is 0 Å². The van der Waals surface area contributed by atoms with Crippen molar-refractivity contribution < 1.29 is 23.4 Å². The number of hydrogen-bond acceptors (Lipinski definition) is 4. The van der Waals surface area contributed by atoms with Gasteiger partial charge in [0.05, 0.1) is 7.11 Å². The van der Waals surface area contributed by atoms with Crippen molar-refractivity contribution in [3.63, 3.8) is 0 Å². The van der Waals surface area contributed by atoms with Crippen LogP contribution >= 0.6 is 0 Å². The van der Waals surface area contributed by atoms with E-state index in [1.165, 1.54) is 38.3 Å². The largest absolute Gasteiger partial charge is 0.497 e. The van der Waals surface area contributed by atoms with Crippen molar-refractivity contribution in [2.75, 3.05) is 7.11 Å². The van der Waals surface area contributed by atoms with Gasteiger partial charge in [-0.1, -0.05) is 0 Å². The Hall–Kier alpha value is -2.02. The number of hydrazone groups is 1. The monoisotopic (exact) mass is 298 g/mol. The number of nitrogens with zero attached hydrogens (tertiary/aromatic N) is 2. The molecule has 114 valence electrons. The van der Waals surface area contributed by atoms with Gasteiger partial charge in [-0.15, -0.1) is 0 Å². The molecule has 0 fully saturated rings. The Morgan fingerprint density at radius 2 is 2.00 bits per heavy atom. The standard InChI is InChI=1S/C14H16F2N2O3/c1-9-8-14(20,13(2,15)16)18(17-9)12(19)10-4-6-11(21-3)7-5-10/h4-7,20H,8H2,1-3H3/t14-/m0/s1. The van der Waals surface area contributed by atoms with Gasteiger partial charge in [0, 0.05) is 24.6 Å². The number of benzene rings is 1. The molecule has 1 aromatic rings. The number of ether oxygens (including phenoxy) is 1. The maximum Gasteiger partial charge on any atom is 0.294 e. The average Bonchev–Trinajstić information content (AvgIpc) is 2.74. The van der Waals surface area contributed by atoms with Gasteiger partial charge in [-0.25, -0.2) is 8.78 Å². The summed E-state index contributed by atoms with van der Waals surface area (Å²) in [4.78, 5) is 12.3. The summed E-state index contributed by atoms with van der Waals surface area (Å²) < 4.78 is 32.4. The normalized spacial score (nSPS) is 22.2. The third-order valence-corrected chi connectivity index (χ3v) is 3.36. The molecule has 0 aliphatic carbocycles. The van der Waals surface area contributed by atoms with Gasteiger partial charge < -0.3 is 9.84 Å². The molecule has 7 heteroatoms. The van der Waals surface area contributed by atoms with Gasteiger partial charge in [0.2, 0.25) is 5.72 Å². The highest BCUT2D eigenvalue weighted by molar-refractivity contribution is 5.98. The van der Waals surface area contributed by atoms with E-state index >= 15 is 0 Å². The molecule has 0 aromatic heterocycles. The predicted molar refractivity (Wildman–Crippen MR) is 72.5 cm³/mol. The van der Waals surface area contributed by atoms with E-state index in [9.17, 15) is 18.7 Å². The number of halogens is 2. The minimum absolute atomic E-state index is 0.136. The first-order valence-corrected chi connectivity index (χ1v) is 6.32. The third kappa shape index (κ3) is 2.61. The quantitative estimate of drug-likeness (QED) is 0.931. The molecule has 1 aliphatic rings. The van der Waals surface area contributed by atoms with Gasteiger partial charge in [0.15, 0.2) is 0 Å². The molecule has 0 radical (unpaired) electrons. The maximum atomic E-state index is 13.7. The van der Waals surface area contributed by atoms with Crippen LogP contribution in [0.4, 0.5) is 8.78 Å². The van der Waals surface area contributed by atoms with Gasteiger partial charge in [-0.2, -0.15) is 10.1 Å². The first-order chi connectivity index (χ1) is 9.69. The van der Waals surface area contributed by atoms with E-state index in [0.717, 1.165) is 0 Å². The minimum atomic E-state index is -3.50. The lowest BCUT2D eigenvalue weighted by Crippen LogP contribution is -2.57. The van der Waals surface area contributed by atoms with Crippen molar-refractivity contribution in [3.05, 3.63) is 29.8 Å². The summed E-state index contributed by atoms with van der Waals surface area (Å²) in [5.74, 6) is -3.77. The average molecular weight is 298 g/mol. The lowest BCUT2D eigenvalue weighted by molar-refractivity contribution is -0.222. The Morgan fingerprint density at radius 1 is 1.43 bits per heavy atom. The molecule has 0 unspecified atom stereocenters. The molecule has 5 nitrogen and oxygen atoms in total. The van der Waals surface area contributed by atoms with Crippen LogP contribution in [0.3, 0.4) is 0 Å². The third-order valence-electron chi connectivity index (χ3n) is 3.36. The second-order valence-corrected chi connectivity index (χ2v) is 5.06. The van der Waals surface area contributed by atoms with Crippen LogP contribution in [0.2, 0.25) is 0 Å². The Bertz CT molecular complexity index is 581. The fraction of sp³-hybridized carbons (Fsp3) is 0.429. The number of rotatable bonds is 3.